The van der Waals surface area contributed by atoms with Crippen LogP contribution in [0, 0.1) is 0 Å². The Hall–Kier alpha value is -1.22. The minimum absolute atomic E-state index is 0.636. The molecule has 1 atom stereocenters. The number of anilines is 2. The molecule has 0 saturated carbocycles. The van der Waals surface area contributed by atoms with Gasteiger partial charge in [0.2, 0.25) is 0 Å². The van der Waals surface area contributed by atoms with Crippen molar-refractivity contribution in [2.24, 2.45) is 0 Å². The minimum Gasteiger partial charge on any atom is -0.378 e. The Morgan fingerprint density at radius 1 is 1.29 bits per heavy atom. The van der Waals surface area contributed by atoms with Gasteiger partial charge in [0.05, 0.1) is 0 Å². The van der Waals surface area contributed by atoms with Gasteiger partial charge < -0.3 is 15.1 Å². The summed E-state index contributed by atoms with van der Waals surface area (Å²) in [7, 11) is 4.15. The molecule has 0 aromatic heterocycles. The summed E-state index contributed by atoms with van der Waals surface area (Å²) in [6.45, 7) is 5.57. The van der Waals surface area contributed by atoms with E-state index in [4.69, 9.17) is 0 Å². The maximum absolute atomic E-state index is 3.55. The van der Waals surface area contributed by atoms with Crippen molar-refractivity contribution in [1.82, 2.24) is 5.32 Å². The van der Waals surface area contributed by atoms with Crippen LogP contribution in [0.25, 0.3) is 0 Å². The van der Waals surface area contributed by atoms with E-state index in [9.17, 15) is 0 Å². The third kappa shape index (κ3) is 2.91. The first-order valence-corrected chi connectivity index (χ1v) is 6.46. The van der Waals surface area contributed by atoms with Gasteiger partial charge in [-0.15, -0.1) is 0 Å². The Bertz CT molecular complexity index is 345. The summed E-state index contributed by atoms with van der Waals surface area (Å²) in [6, 6.07) is 9.48. The van der Waals surface area contributed by atoms with Crippen molar-refractivity contribution in [3.05, 3.63) is 24.3 Å². The van der Waals surface area contributed by atoms with E-state index < -0.39 is 0 Å². The van der Waals surface area contributed by atoms with Gasteiger partial charge in [-0.25, -0.2) is 0 Å². The Morgan fingerprint density at radius 3 is 2.59 bits per heavy atom. The summed E-state index contributed by atoms with van der Waals surface area (Å²) < 4.78 is 0. The average Bonchev–Trinajstić information content (AvgIpc) is 2.39. The molecule has 0 bridgehead atoms. The zero-order valence-electron chi connectivity index (χ0n) is 11.1. The van der Waals surface area contributed by atoms with Crippen LogP contribution < -0.4 is 15.1 Å². The van der Waals surface area contributed by atoms with Crippen LogP contribution >= 0.6 is 0 Å². The molecule has 1 aromatic rings. The maximum atomic E-state index is 3.55. The topological polar surface area (TPSA) is 18.5 Å². The highest BCUT2D eigenvalue weighted by Gasteiger charge is 2.17. The molecule has 0 amide bonds. The van der Waals surface area contributed by atoms with Gasteiger partial charge in [0.25, 0.3) is 0 Å². The zero-order valence-corrected chi connectivity index (χ0v) is 11.1. The van der Waals surface area contributed by atoms with E-state index >= 15 is 0 Å². The first-order chi connectivity index (χ1) is 8.20. The van der Waals surface area contributed by atoms with Crippen molar-refractivity contribution in [1.29, 1.82) is 0 Å². The molecule has 94 valence electrons. The molecule has 1 saturated heterocycles. The van der Waals surface area contributed by atoms with Crippen LogP contribution in [0.1, 0.15) is 13.3 Å². The van der Waals surface area contributed by atoms with Crippen molar-refractivity contribution in [2.45, 2.75) is 19.4 Å². The lowest BCUT2D eigenvalue weighted by Gasteiger charge is -2.35. The number of benzene rings is 1. The molecule has 1 unspecified atom stereocenters. The monoisotopic (exact) mass is 233 g/mol. The third-order valence-electron chi connectivity index (χ3n) is 3.48. The van der Waals surface area contributed by atoms with Gasteiger partial charge in [-0.05, 0) is 30.7 Å². The quantitative estimate of drug-likeness (QED) is 0.861. The molecular formula is C14H23N3. The molecule has 1 aliphatic heterocycles. The van der Waals surface area contributed by atoms with E-state index in [-0.39, 0.29) is 0 Å². The van der Waals surface area contributed by atoms with Crippen molar-refractivity contribution < 1.29 is 0 Å². The highest BCUT2D eigenvalue weighted by molar-refractivity contribution is 5.56. The standard InChI is InChI=1S/C14H23N3/c1-4-12-11-17(10-9-15-12)14-7-5-13(6-8-14)16(2)3/h5-8,12,15H,4,9-11H2,1-3H3. The summed E-state index contributed by atoms with van der Waals surface area (Å²) in [5.74, 6) is 0. The number of nitrogens with zero attached hydrogens (tertiary/aromatic N) is 2. The number of piperazine rings is 1. The van der Waals surface area contributed by atoms with Gasteiger partial charge in [0.15, 0.2) is 0 Å². The fourth-order valence-electron chi connectivity index (χ4n) is 2.30. The lowest BCUT2D eigenvalue weighted by atomic mass is 10.1. The molecule has 0 spiro atoms. The normalized spacial score (nSPS) is 20.4. The summed E-state index contributed by atoms with van der Waals surface area (Å²) in [5, 5.41) is 3.55. The Morgan fingerprint density at radius 2 is 2.00 bits per heavy atom. The second-order valence-electron chi connectivity index (χ2n) is 4.92. The SMILES string of the molecule is CCC1CN(c2ccc(N(C)C)cc2)CCN1. The molecule has 1 aromatic carbocycles. The van der Waals surface area contributed by atoms with Crippen LogP contribution in [0.5, 0.6) is 0 Å². The molecule has 2 rings (SSSR count). The maximum Gasteiger partial charge on any atom is 0.0368 e. The van der Waals surface area contributed by atoms with E-state index in [1.807, 2.05) is 0 Å². The van der Waals surface area contributed by atoms with Gasteiger partial charge in [-0.2, -0.15) is 0 Å². The Kier molecular flexibility index (Phi) is 3.89. The second-order valence-corrected chi connectivity index (χ2v) is 4.92. The molecule has 1 aliphatic rings. The summed E-state index contributed by atoms with van der Waals surface area (Å²) in [4.78, 5) is 4.61. The van der Waals surface area contributed by atoms with Crippen LogP contribution in [0.4, 0.5) is 11.4 Å². The largest absolute Gasteiger partial charge is 0.378 e. The van der Waals surface area contributed by atoms with E-state index in [1.165, 1.54) is 17.8 Å². The smallest absolute Gasteiger partial charge is 0.0368 e. The van der Waals surface area contributed by atoms with Gasteiger partial charge in [-0.3, -0.25) is 0 Å². The highest BCUT2D eigenvalue weighted by Crippen LogP contribution is 2.20. The third-order valence-corrected chi connectivity index (χ3v) is 3.48. The lowest BCUT2D eigenvalue weighted by molar-refractivity contribution is 0.447. The van der Waals surface area contributed by atoms with Crippen LogP contribution in [0.15, 0.2) is 24.3 Å². The van der Waals surface area contributed by atoms with Crippen LogP contribution in [-0.4, -0.2) is 39.8 Å². The van der Waals surface area contributed by atoms with Crippen molar-refractivity contribution in [3.8, 4) is 0 Å². The van der Waals surface area contributed by atoms with Crippen LogP contribution in [0.2, 0.25) is 0 Å². The second kappa shape index (κ2) is 5.41. The molecule has 1 fully saturated rings. The van der Waals surface area contributed by atoms with E-state index in [1.54, 1.807) is 0 Å². The molecule has 1 heterocycles. The first kappa shape index (κ1) is 12.2. The molecule has 0 aliphatic carbocycles. The van der Waals surface area contributed by atoms with Gasteiger partial charge in [0.1, 0.15) is 0 Å². The summed E-state index contributed by atoms with van der Waals surface area (Å²) >= 11 is 0. The first-order valence-electron chi connectivity index (χ1n) is 6.46. The summed E-state index contributed by atoms with van der Waals surface area (Å²) in [5.41, 5.74) is 2.60. The molecule has 0 radical (unpaired) electrons. The van der Waals surface area contributed by atoms with Crippen LogP contribution in [0.3, 0.4) is 0 Å². The number of hydrogen-bond donors (Lipinski definition) is 1. The molecule has 17 heavy (non-hydrogen) atoms. The van der Waals surface area contributed by atoms with Crippen molar-refractivity contribution >= 4 is 11.4 Å². The van der Waals surface area contributed by atoms with Crippen molar-refractivity contribution in [2.75, 3.05) is 43.5 Å². The molecule has 3 nitrogen and oxygen atoms in total. The fraction of sp³-hybridized carbons (Fsp3) is 0.571. The minimum atomic E-state index is 0.636. The molecular weight excluding hydrogens is 210 g/mol. The Balaban J connectivity index is 2.06. The van der Waals surface area contributed by atoms with Gasteiger partial charge >= 0.3 is 0 Å². The molecule has 3 heteroatoms. The lowest BCUT2D eigenvalue weighted by Crippen LogP contribution is -2.50. The van der Waals surface area contributed by atoms with Crippen LogP contribution in [-0.2, 0) is 0 Å². The average molecular weight is 233 g/mol. The fourth-order valence-corrected chi connectivity index (χ4v) is 2.30. The van der Waals surface area contributed by atoms with Gasteiger partial charge in [0, 0.05) is 51.1 Å². The van der Waals surface area contributed by atoms with Crippen molar-refractivity contribution in [3.63, 3.8) is 0 Å². The number of rotatable bonds is 3. The van der Waals surface area contributed by atoms with E-state index in [0.717, 1.165) is 19.6 Å². The van der Waals surface area contributed by atoms with E-state index in [0.29, 0.717) is 6.04 Å². The molecule has 1 N–H and O–H groups in total. The number of hydrogen-bond acceptors (Lipinski definition) is 3. The number of nitrogens with one attached hydrogen (secondary N) is 1. The zero-order chi connectivity index (χ0) is 12.3. The Labute approximate surface area is 104 Å². The summed E-state index contributed by atoms with van der Waals surface area (Å²) in [6.07, 6.45) is 1.20. The van der Waals surface area contributed by atoms with Gasteiger partial charge in [-0.1, -0.05) is 6.92 Å². The highest BCUT2D eigenvalue weighted by atomic mass is 15.2. The van der Waals surface area contributed by atoms with E-state index in [2.05, 4.69) is 60.4 Å². The predicted octanol–water partition coefficient (Wildman–Crippen LogP) is 1.94. The predicted molar refractivity (Wildman–Crippen MR) is 75.1 cm³/mol.